The average Bonchev–Trinajstić information content (AvgIpc) is 3.01. The summed E-state index contributed by atoms with van der Waals surface area (Å²) in [5.74, 6) is 7.42. The zero-order valence-corrected chi connectivity index (χ0v) is 14.1. The molecule has 2 nitrogen and oxygen atoms in total. The third kappa shape index (κ3) is 1.59. The van der Waals surface area contributed by atoms with Gasteiger partial charge in [-0.25, -0.2) is 0 Å². The Labute approximate surface area is 139 Å². The fourth-order valence-electron chi connectivity index (χ4n) is 7.26. The van der Waals surface area contributed by atoms with Crippen LogP contribution in [0, 0.1) is 46.8 Å². The highest BCUT2D eigenvalue weighted by atomic mass is 16.5. The van der Waals surface area contributed by atoms with Crippen molar-refractivity contribution in [1.82, 2.24) is 0 Å². The van der Waals surface area contributed by atoms with Crippen molar-refractivity contribution >= 4 is 5.78 Å². The largest absolute Gasteiger partial charge is 0.497 e. The van der Waals surface area contributed by atoms with E-state index in [1.165, 1.54) is 37.0 Å². The third-order valence-electron chi connectivity index (χ3n) is 8.43. The molecule has 0 aromatic carbocycles. The van der Waals surface area contributed by atoms with E-state index in [2.05, 4.69) is 12.8 Å². The maximum atomic E-state index is 12.0. The molecule has 1 aliphatic heterocycles. The minimum absolute atomic E-state index is 0.210. The minimum atomic E-state index is 0.210. The molecule has 0 aromatic heterocycles. The molecule has 5 aliphatic rings. The van der Waals surface area contributed by atoms with Crippen molar-refractivity contribution in [3.8, 4) is 12.3 Å². The van der Waals surface area contributed by atoms with Crippen LogP contribution in [-0.4, -0.2) is 12.4 Å². The molecule has 0 aromatic rings. The Bertz CT molecular complexity index is 653. The number of carbonyl (C=O) groups excluding carboxylic acids is 1. The molecule has 3 fully saturated rings. The van der Waals surface area contributed by atoms with E-state index in [1.54, 1.807) is 0 Å². The summed E-state index contributed by atoms with van der Waals surface area (Å²) in [5.41, 5.74) is 1.96. The van der Waals surface area contributed by atoms with Crippen LogP contribution in [0.25, 0.3) is 0 Å². The fourth-order valence-corrected chi connectivity index (χ4v) is 7.26. The average molecular weight is 310 g/mol. The molecule has 23 heavy (non-hydrogen) atoms. The standard InChI is InChI=1S/C21H26O2/c1-3-13-4-5-16-15-11-19-18-10-14(22)6-9-21(18,12-23-19)17(15)7-8-20(13,16)2/h1,13,15-17H,4-12H2,2H3/t13-,15?,16?,17?,20+,21-/m0/s1. The van der Waals surface area contributed by atoms with Crippen LogP contribution in [0.3, 0.4) is 0 Å². The van der Waals surface area contributed by atoms with Crippen LogP contribution >= 0.6 is 0 Å². The van der Waals surface area contributed by atoms with Crippen molar-refractivity contribution < 1.29 is 9.53 Å². The monoisotopic (exact) mass is 310 g/mol. The first-order valence-corrected chi connectivity index (χ1v) is 9.41. The number of carbonyl (C=O) groups is 1. The number of terminal acetylenes is 1. The molecular weight excluding hydrogens is 284 g/mol. The Balaban J connectivity index is 1.56. The molecule has 4 aliphatic carbocycles. The smallest absolute Gasteiger partial charge is 0.137 e. The summed E-state index contributed by atoms with van der Waals surface area (Å²) >= 11 is 0. The zero-order valence-electron chi connectivity index (χ0n) is 14.1. The second kappa shape index (κ2) is 4.44. The van der Waals surface area contributed by atoms with Gasteiger partial charge in [0.1, 0.15) is 5.78 Å². The predicted octanol–water partition coefficient (Wildman–Crippen LogP) is 4.11. The highest BCUT2D eigenvalue weighted by molar-refractivity contribution is 5.83. The summed E-state index contributed by atoms with van der Waals surface area (Å²) in [4.78, 5) is 12.0. The molecular formula is C21H26O2. The van der Waals surface area contributed by atoms with Gasteiger partial charge in [0.15, 0.2) is 0 Å². The van der Waals surface area contributed by atoms with Crippen LogP contribution in [0.5, 0.6) is 0 Å². The molecule has 0 amide bonds. The molecule has 3 unspecified atom stereocenters. The first kappa shape index (κ1) is 14.1. The van der Waals surface area contributed by atoms with Crippen molar-refractivity contribution in [3.05, 3.63) is 11.3 Å². The summed E-state index contributed by atoms with van der Waals surface area (Å²) < 4.78 is 6.18. The third-order valence-corrected chi connectivity index (χ3v) is 8.43. The molecule has 5 rings (SSSR count). The normalized spacial score (nSPS) is 50.7. The number of ketones is 1. The molecule has 0 radical (unpaired) electrons. The minimum Gasteiger partial charge on any atom is -0.497 e. The maximum Gasteiger partial charge on any atom is 0.137 e. The Morgan fingerprint density at radius 2 is 2.09 bits per heavy atom. The van der Waals surface area contributed by atoms with E-state index < -0.39 is 0 Å². The summed E-state index contributed by atoms with van der Waals surface area (Å²) in [6.45, 7) is 3.31. The fraction of sp³-hybridized carbons (Fsp3) is 0.762. The zero-order chi connectivity index (χ0) is 15.8. The van der Waals surface area contributed by atoms with Crippen LogP contribution in [0.1, 0.15) is 58.3 Å². The van der Waals surface area contributed by atoms with Crippen LogP contribution in [-0.2, 0) is 9.53 Å². The van der Waals surface area contributed by atoms with Gasteiger partial charge in [-0.2, -0.15) is 0 Å². The van der Waals surface area contributed by atoms with Gasteiger partial charge in [0.2, 0.25) is 0 Å². The molecule has 0 saturated heterocycles. The summed E-state index contributed by atoms with van der Waals surface area (Å²) in [5, 5.41) is 0. The van der Waals surface area contributed by atoms with Gasteiger partial charge in [0, 0.05) is 30.6 Å². The number of fused-ring (bicyclic) bond motifs is 3. The van der Waals surface area contributed by atoms with E-state index in [1.807, 2.05) is 0 Å². The Morgan fingerprint density at radius 3 is 2.91 bits per heavy atom. The lowest BCUT2D eigenvalue weighted by atomic mass is 9.47. The van der Waals surface area contributed by atoms with Gasteiger partial charge >= 0.3 is 0 Å². The van der Waals surface area contributed by atoms with Crippen LogP contribution in [0.4, 0.5) is 0 Å². The Hall–Kier alpha value is -1.23. The maximum absolute atomic E-state index is 12.0. The van der Waals surface area contributed by atoms with Crippen LogP contribution in [0.15, 0.2) is 11.3 Å². The lowest BCUT2D eigenvalue weighted by molar-refractivity contribution is -0.122. The van der Waals surface area contributed by atoms with Crippen molar-refractivity contribution in [1.29, 1.82) is 0 Å². The lowest BCUT2D eigenvalue weighted by Gasteiger charge is -2.55. The van der Waals surface area contributed by atoms with Gasteiger partial charge in [-0.3, -0.25) is 4.79 Å². The van der Waals surface area contributed by atoms with E-state index in [4.69, 9.17) is 11.2 Å². The quantitative estimate of drug-likeness (QED) is 0.630. The molecule has 3 saturated carbocycles. The Kier molecular flexibility index (Phi) is 2.73. The van der Waals surface area contributed by atoms with Crippen molar-refractivity contribution in [2.75, 3.05) is 6.61 Å². The second-order valence-corrected chi connectivity index (χ2v) is 8.98. The number of hydrogen-bond donors (Lipinski definition) is 0. The first-order valence-electron chi connectivity index (χ1n) is 9.41. The molecule has 6 atom stereocenters. The number of allylic oxidation sites excluding steroid dienone is 1. The van der Waals surface area contributed by atoms with Crippen molar-refractivity contribution in [2.45, 2.75) is 58.3 Å². The van der Waals surface area contributed by atoms with E-state index in [9.17, 15) is 4.79 Å². The van der Waals surface area contributed by atoms with E-state index in [0.717, 1.165) is 43.6 Å². The first-order chi connectivity index (χ1) is 11.1. The number of rotatable bonds is 0. The Morgan fingerprint density at radius 1 is 1.22 bits per heavy atom. The van der Waals surface area contributed by atoms with E-state index in [0.29, 0.717) is 23.5 Å². The predicted molar refractivity (Wildman–Crippen MR) is 88.3 cm³/mol. The molecule has 0 spiro atoms. The second-order valence-electron chi connectivity index (χ2n) is 8.98. The summed E-state index contributed by atoms with van der Waals surface area (Å²) in [7, 11) is 0. The van der Waals surface area contributed by atoms with Crippen LogP contribution in [0.2, 0.25) is 0 Å². The number of ether oxygens (including phenoxy) is 1. The summed E-state index contributed by atoms with van der Waals surface area (Å²) in [6, 6.07) is 0. The number of hydrogen-bond acceptors (Lipinski definition) is 2. The van der Waals surface area contributed by atoms with Gasteiger partial charge in [-0.15, -0.1) is 12.3 Å². The topological polar surface area (TPSA) is 26.3 Å². The van der Waals surface area contributed by atoms with E-state index >= 15 is 0 Å². The van der Waals surface area contributed by atoms with Crippen molar-refractivity contribution in [2.24, 2.45) is 34.5 Å². The van der Waals surface area contributed by atoms with Gasteiger partial charge in [-0.05, 0) is 60.8 Å². The SMILES string of the molecule is C#C[C@H]1CCC2C3CC4=C5CC(=O)CC[C@]5(CO4)C3CC[C@@]21C. The molecule has 0 N–H and O–H groups in total. The van der Waals surface area contributed by atoms with Gasteiger partial charge < -0.3 is 4.74 Å². The van der Waals surface area contributed by atoms with Crippen LogP contribution < -0.4 is 0 Å². The highest BCUT2D eigenvalue weighted by Gasteiger charge is 2.63. The molecule has 1 heterocycles. The number of Topliss-reactive ketones (excluding diaryl/α,β-unsaturated/α-hetero) is 1. The molecule has 122 valence electrons. The van der Waals surface area contributed by atoms with Gasteiger partial charge in [0.25, 0.3) is 0 Å². The van der Waals surface area contributed by atoms with Gasteiger partial charge in [0.05, 0.1) is 12.4 Å². The highest BCUT2D eigenvalue weighted by Crippen LogP contribution is 2.68. The summed E-state index contributed by atoms with van der Waals surface area (Å²) in [6.07, 6.45) is 14.5. The molecule has 2 heteroatoms. The molecule has 2 bridgehead atoms. The van der Waals surface area contributed by atoms with Crippen molar-refractivity contribution in [3.63, 3.8) is 0 Å². The van der Waals surface area contributed by atoms with E-state index in [-0.39, 0.29) is 5.41 Å². The van der Waals surface area contributed by atoms with Gasteiger partial charge in [-0.1, -0.05) is 6.92 Å². The lowest BCUT2D eigenvalue weighted by Crippen LogP contribution is -2.50.